The van der Waals surface area contributed by atoms with Crippen LogP contribution in [0.2, 0.25) is 0 Å². The molecule has 92 valence electrons. The summed E-state index contributed by atoms with van der Waals surface area (Å²) >= 11 is 0. The van der Waals surface area contributed by atoms with E-state index in [9.17, 15) is 5.11 Å². The highest BCUT2D eigenvalue weighted by atomic mass is 16.5. The molecule has 1 aromatic heterocycles. The van der Waals surface area contributed by atoms with Gasteiger partial charge in [0.05, 0.1) is 6.10 Å². The van der Waals surface area contributed by atoms with Crippen molar-refractivity contribution < 1.29 is 9.84 Å². The third-order valence-corrected chi connectivity index (χ3v) is 2.85. The van der Waals surface area contributed by atoms with Crippen molar-refractivity contribution in [3.05, 3.63) is 54.1 Å². The number of hydrogen-bond acceptors (Lipinski definition) is 4. The summed E-state index contributed by atoms with van der Waals surface area (Å²) in [6, 6.07) is 9.17. The second-order valence-electron chi connectivity index (χ2n) is 4.40. The van der Waals surface area contributed by atoms with E-state index < -0.39 is 6.10 Å². The van der Waals surface area contributed by atoms with Gasteiger partial charge in [0.25, 0.3) is 0 Å². The van der Waals surface area contributed by atoms with Crippen molar-refractivity contribution in [2.24, 2.45) is 0 Å². The van der Waals surface area contributed by atoms with Gasteiger partial charge >= 0.3 is 0 Å². The standard InChI is InChI=1S/C14H14N2O2/c17-13(14-15-8-1-9-16-14)10-2-4-11(5-3-10)18-12-6-7-12/h1-5,8-9,12-13,17H,6-7H2. The first-order chi connectivity index (χ1) is 8.83. The zero-order valence-electron chi connectivity index (χ0n) is 9.86. The van der Waals surface area contributed by atoms with Crippen molar-refractivity contribution in [3.8, 4) is 5.75 Å². The molecule has 0 radical (unpaired) electrons. The van der Waals surface area contributed by atoms with Gasteiger partial charge in [0.15, 0.2) is 5.82 Å². The van der Waals surface area contributed by atoms with Crippen LogP contribution in [0.4, 0.5) is 0 Å². The summed E-state index contributed by atoms with van der Waals surface area (Å²) in [6.45, 7) is 0. The quantitative estimate of drug-likeness (QED) is 0.892. The summed E-state index contributed by atoms with van der Waals surface area (Å²) in [7, 11) is 0. The monoisotopic (exact) mass is 242 g/mol. The van der Waals surface area contributed by atoms with E-state index in [0.29, 0.717) is 11.9 Å². The minimum absolute atomic E-state index is 0.387. The molecule has 0 amide bonds. The molecule has 1 saturated carbocycles. The van der Waals surface area contributed by atoms with E-state index in [1.165, 1.54) is 0 Å². The van der Waals surface area contributed by atoms with E-state index in [-0.39, 0.29) is 0 Å². The van der Waals surface area contributed by atoms with E-state index >= 15 is 0 Å². The van der Waals surface area contributed by atoms with Gasteiger partial charge in [0.2, 0.25) is 0 Å². The summed E-state index contributed by atoms with van der Waals surface area (Å²) in [5, 5.41) is 10.1. The third kappa shape index (κ3) is 2.49. The Morgan fingerprint density at radius 1 is 1.11 bits per heavy atom. The Labute approximate surface area is 105 Å². The molecule has 1 fully saturated rings. The maximum absolute atomic E-state index is 10.1. The van der Waals surface area contributed by atoms with Crippen molar-refractivity contribution in [3.63, 3.8) is 0 Å². The van der Waals surface area contributed by atoms with E-state index in [0.717, 1.165) is 24.2 Å². The second-order valence-corrected chi connectivity index (χ2v) is 4.40. The SMILES string of the molecule is OC(c1ccc(OC2CC2)cc1)c1ncccn1. The molecule has 4 heteroatoms. The molecule has 4 nitrogen and oxygen atoms in total. The van der Waals surface area contributed by atoms with Crippen molar-refractivity contribution >= 4 is 0 Å². The van der Waals surface area contributed by atoms with Crippen LogP contribution in [0.3, 0.4) is 0 Å². The number of aliphatic hydroxyl groups is 1. The largest absolute Gasteiger partial charge is 0.490 e. The minimum Gasteiger partial charge on any atom is -0.490 e. The Kier molecular flexibility index (Phi) is 2.94. The van der Waals surface area contributed by atoms with Crippen LogP contribution in [0.5, 0.6) is 5.75 Å². The number of hydrogen-bond donors (Lipinski definition) is 1. The van der Waals surface area contributed by atoms with Gasteiger partial charge in [-0.1, -0.05) is 12.1 Å². The molecule has 3 rings (SSSR count). The number of rotatable bonds is 4. The van der Waals surface area contributed by atoms with E-state index in [4.69, 9.17) is 4.74 Å². The van der Waals surface area contributed by atoms with Gasteiger partial charge in [-0.05, 0) is 36.6 Å². The van der Waals surface area contributed by atoms with Gasteiger partial charge in [-0.2, -0.15) is 0 Å². The highest BCUT2D eigenvalue weighted by Gasteiger charge is 2.23. The van der Waals surface area contributed by atoms with Crippen LogP contribution in [0.15, 0.2) is 42.7 Å². The lowest BCUT2D eigenvalue weighted by molar-refractivity contribution is 0.209. The molecule has 1 heterocycles. The molecule has 18 heavy (non-hydrogen) atoms. The average Bonchev–Trinajstić information content (AvgIpc) is 3.24. The van der Waals surface area contributed by atoms with Crippen LogP contribution in [0, 0.1) is 0 Å². The molecular weight excluding hydrogens is 228 g/mol. The first-order valence-corrected chi connectivity index (χ1v) is 6.04. The Morgan fingerprint density at radius 2 is 1.78 bits per heavy atom. The topological polar surface area (TPSA) is 55.2 Å². The molecule has 1 aliphatic rings. The number of aliphatic hydroxyl groups excluding tert-OH is 1. The highest BCUT2D eigenvalue weighted by molar-refractivity contribution is 5.31. The molecule has 1 aromatic carbocycles. The molecule has 2 aromatic rings. The van der Waals surface area contributed by atoms with Crippen molar-refractivity contribution in [1.82, 2.24) is 9.97 Å². The van der Waals surface area contributed by atoms with Crippen LogP contribution in [-0.2, 0) is 0 Å². The number of nitrogens with zero attached hydrogens (tertiary/aromatic N) is 2. The molecular formula is C14H14N2O2. The fourth-order valence-electron chi connectivity index (χ4n) is 1.71. The molecule has 1 aliphatic carbocycles. The van der Waals surface area contributed by atoms with Crippen molar-refractivity contribution in [2.45, 2.75) is 25.0 Å². The summed E-state index contributed by atoms with van der Waals surface area (Å²) in [5.41, 5.74) is 0.768. The van der Waals surface area contributed by atoms with Crippen LogP contribution >= 0.6 is 0 Å². The Balaban J connectivity index is 1.75. The summed E-state index contributed by atoms with van der Waals surface area (Å²) in [5.74, 6) is 1.26. The molecule has 0 saturated heterocycles. The van der Waals surface area contributed by atoms with Crippen LogP contribution in [0.1, 0.15) is 30.3 Å². The van der Waals surface area contributed by atoms with Crippen LogP contribution < -0.4 is 4.74 Å². The Bertz CT molecular complexity index is 509. The number of benzene rings is 1. The summed E-state index contributed by atoms with van der Waals surface area (Å²) < 4.78 is 5.65. The molecule has 1 atom stereocenters. The van der Waals surface area contributed by atoms with Crippen LogP contribution in [0.25, 0.3) is 0 Å². The molecule has 1 N–H and O–H groups in total. The molecule has 1 unspecified atom stereocenters. The fourth-order valence-corrected chi connectivity index (χ4v) is 1.71. The Hall–Kier alpha value is -1.94. The van der Waals surface area contributed by atoms with E-state index in [2.05, 4.69) is 9.97 Å². The Morgan fingerprint density at radius 3 is 2.39 bits per heavy atom. The predicted octanol–water partition coefficient (Wildman–Crippen LogP) is 2.10. The lowest BCUT2D eigenvalue weighted by atomic mass is 10.1. The van der Waals surface area contributed by atoms with Gasteiger partial charge in [-0.25, -0.2) is 9.97 Å². The maximum atomic E-state index is 10.1. The fraction of sp³-hybridized carbons (Fsp3) is 0.286. The smallest absolute Gasteiger partial charge is 0.161 e. The van der Waals surface area contributed by atoms with Crippen molar-refractivity contribution in [1.29, 1.82) is 0 Å². The minimum atomic E-state index is -0.791. The predicted molar refractivity (Wildman–Crippen MR) is 66.2 cm³/mol. The lowest BCUT2D eigenvalue weighted by Gasteiger charge is -2.10. The van der Waals surface area contributed by atoms with Crippen LogP contribution in [-0.4, -0.2) is 21.2 Å². The number of aromatic nitrogens is 2. The molecule has 0 aliphatic heterocycles. The zero-order valence-corrected chi connectivity index (χ0v) is 9.86. The van der Waals surface area contributed by atoms with Gasteiger partial charge in [-0.15, -0.1) is 0 Å². The first kappa shape index (κ1) is 11.2. The normalized spacial score (nSPS) is 16.3. The lowest BCUT2D eigenvalue weighted by Crippen LogP contribution is -2.04. The third-order valence-electron chi connectivity index (χ3n) is 2.85. The molecule has 0 spiro atoms. The zero-order chi connectivity index (χ0) is 12.4. The summed E-state index contributed by atoms with van der Waals surface area (Å²) in [6.07, 6.45) is 5.12. The average molecular weight is 242 g/mol. The maximum Gasteiger partial charge on any atom is 0.161 e. The summed E-state index contributed by atoms with van der Waals surface area (Å²) in [4.78, 5) is 8.09. The van der Waals surface area contributed by atoms with Crippen molar-refractivity contribution in [2.75, 3.05) is 0 Å². The van der Waals surface area contributed by atoms with Gasteiger partial charge < -0.3 is 9.84 Å². The highest BCUT2D eigenvalue weighted by Crippen LogP contribution is 2.28. The van der Waals surface area contributed by atoms with E-state index in [1.54, 1.807) is 18.5 Å². The first-order valence-electron chi connectivity index (χ1n) is 6.04. The van der Waals surface area contributed by atoms with E-state index in [1.807, 2.05) is 24.3 Å². The number of ether oxygens (including phenoxy) is 1. The van der Waals surface area contributed by atoms with Gasteiger partial charge in [-0.3, -0.25) is 0 Å². The van der Waals surface area contributed by atoms with Gasteiger partial charge in [0, 0.05) is 12.4 Å². The van der Waals surface area contributed by atoms with Gasteiger partial charge in [0.1, 0.15) is 11.9 Å². The second kappa shape index (κ2) is 4.74. The molecule has 0 bridgehead atoms.